The molecular weight excluding hydrogens is 638 g/mol. The third kappa shape index (κ3) is 8.99. The smallest absolute Gasteiger partial charge is 0.326 e. The fourth-order valence-electron chi connectivity index (χ4n) is 5.83. The normalized spacial score (nSPS) is 18.1. The first kappa shape index (κ1) is 37.4. The number of carbonyl (C=O) groups is 3. The first-order chi connectivity index (χ1) is 23.0. The Morgan fingerprint density at radius 2 is 1.39 bits per heavy atom. The van der Waals surface area contributed by atoms with Gasteiger partial charge in [0.2, 0.25) is 5.91 Å². The summed E-state index contributed by atoms with van der Waals surface area (Å²) >= 11 is 0. The molecular formula is C35H43N3O11. The van der Waals surface area contributed by atoms with Crippen molar-refractivity contribution >= 4 is 17.7 Å². The molecule has 3 atom stereocenters. The molecule has 49 heavy (non-hydrogen) atoms. The Bertz CT molecular complexity index is 1580. The Hall–Kier alpha value is -4.41. The van der Waals surface area contributed by atoms with Crippen LogP contribution in [0, 0.1) is 19.8 Å². The van der Waals surface area contributed by atoms with Gasteiger partial charge in [0.05, 0.1) is 6.10 Å². The number of aliphatic hydroxyl groups excluding tert-OH is 1. The van der Waals surface area contributed by atoms with Crippen molar-refractivity contribution in [3.05, 3.63) is 101 Å². The number of urea groups is 1. The second-order valence-electron chi connectivity index (χ2n) is 12.5. The van der Waals surface area contributed by atoms with Crippen molar-refractivity contribution < 1.29 is 54.9 Å². The van der Waals surface area contributed by atoms with Crippen LogP contribution in [0.1, 0.15) is 35.1 Å². The number of para-hydroxylation sites is 1. The molecule has 0 radical (unpaired) electrons. The Labute approximate surface area is 283 Å². The van der Waals surface area contributed by atoms with Gasteiger partial charge in [0.15, 0.2) is 5.78 Å². The van der Waals surface area contributed by atoms with Gasteiger partial charge in [0, 0.05) is 12.5 Å². The largest absolute Gasteiger partial charge is 0.485 e. The van der Waals surface area contributed by atoms with E-state index in [2.05, 4.69) is 5.32 Å². The van der Waals surface area contributed by atoms with E-state index in [1.54, 1.807) is 30.3 Å². The monoisotopic (exact) mass is 681 g/mol. The van der Waals surface area contributed by atoms with E-state index in [0.717, 1.165) is 22.3 Å². The molecule has 1 heterocycles. The quantitative estimate of drug-likeness (QED) is 0.0967. The first-order valence-electron chi connectivity index (χ1n) is 15.7. The first-order valence-corrected chi connectivity index (χ1v) is 15.7. The van der Waals surface area contributed by atoms with Crippen molar-refractivity contribution in [2.45, 2.75) is 69.3 Å². The summed E-state index contributed by atoms with van der Waals surface area (Å²) in [5, 5.41) is 75.7. The van der Waals surface area contributed by atoms with Crippen molar-refractivity contribution in [3.63, 3.8) is 0 Å². The summed E-state index contributed by atoms with van der Waals surface area (Å²) in [7, 11) is 0. The van der Waals surface area contributed by atoms with Crippen molar-refractivity contribution in [2.75, 3.05) is 13.2 Å². The van der Waals surface area contributed by atoms with Gasteiger partial charge in [-0.05, 0) is 61.3 Å². The van der Waals surface area contributed by atoms with Crippen molar-refractivity contribution in [2.24, 2.45) is 5.92 Å². The number of Topliss-reactive ketones (excluding diaryl/α,β-unsaturated/α-hetero) is 1. The van der Waals surface area contributed by atoms with Crippen molar-refractivity contribution in [1.29, 1.82) is 0 Å². The van der Waals surface area contributed by atoms with Gasteiger partial charge >= 0.3 is 23.6 Å². The minimum absolute atomic E-state index is 0.0440. The van der Waals surface area contributed by atoms with Crippen LogP contribution in [0.5, 0.6) is 5.75 Å². The second kappa shape index (κ2) is 15.4. The van der Waals surface area contributed by atoms with E-state index in [0.29, 0.717) is 12.2 Å². The summed E-state index contributed by atoms with van der Waals surface area (Å²) in [6, 6.07) is 21.4. The predicted molar refractivity (Wildman–Crippen MR) is 174 cm³/mol. The molecule has 3 aromatic carbocycles. The lowest BCUT2D eigenvalue weighted by Gasteiger charge is -2.50. The van der Waals surface area contributed by atoms with Gasteiger partial charge in [-0.15, -0.1) is 0 Å². The van der Waals surface area contributed by atoms with Crippen LogP contribution in [0.2, 0.25) is 0 Å². The lowest BCUT2D eigenvalue weighted by molar-refractivity contribution is -0.493. The molecule has 0 aromatic heterocycles. The zero-order valence-corrected chi connectivity index (χ0v) is 27.2. The number of ketones is 1. The number of carbonyl (C=O) groups excluding carboxylic acids is 3. The average Bonchev–Trinajstić information content (AvgIpc) is 3.03. The molecule has 3 unspecified atom stereocenters. The molecule has 3 aromatic rings. The fourth-order valence-corrected chi connectivity index (χ4v) is 5.83. The molecule has 264 valence electrons. The van der Waals surface area contributed by atoms with Gasteiger partial charge in [-0.25, -0.2) is 4.79 Å². The number of benzene rings is 3. The van der Waals surface area contributed by atoms with Gasteiger partial charge in [-0.2, -0.15) is 0 Å². The maximum absolute atomic E-state index is 13.2. The highest BCUT2D eigenvalue weighted by molar-refractivity contribution is 5.85. The van der Waals surface area contributed by atoms with Gasteiger partial charge in [0.1, 0.15) is 18.9 Å². The van der Waals surface area contributed by atoms with E-state index in [4.69, 9.17) is 4.74 Å². The van der Waals surface area contributed by atoms with Crippen LogP contribution in [-0.2, 0) is 22.4 Å². The highest BCUT2D eigenvalue weighted by atomic mass is 16.7. The third-order valence-electron chi connectivity index (χ3n) is 8.54. The number of aryl methyl sites for hydroxylation is 2. The predicted octanol–water partition coefficient (Wildman–Crippen LogP) is -0.0383. The van der Waals surface area contributed by atoms with Crippen molar-refractivity contribution in [1.82, 2.24) is 15.5 Å². The number of nitrogens with zero attached hydrogens (tertiary/aromatic N) is 1. The van der Waals surface area contributed by atoms with Crippen LogP contribution >= 0.6 is 0 Å². The number of rotatable bonds is 15. The number of hydrogen-bond donors (Lipinski definition) is 9. The maximum atomic E-state index is 13.2. The Balaban J connectivity index is 1.52. The van der Waals surface area contributed by atoms with E-state index in [1.807, 2.05) is 62.4 Å². The second-order valence-corrected chi connectivity index (χ2v) is 12.5. The number of ether oxygens (including phenoxy) is 1. The number of hydrogen-bond acceptors (Lipinski definition) is 11. The van der Waals surface area contributed by atoms with Crippen molar-refractivity contribution in [3.8, 4) is 5.75 Å². The minimum atomic E-state index is -4.13. The highest BCUT2D eigenvalue weighted by Gasteiger charge is 2.70. The molecule has 0 saturated carbocycles. The molecule has 1 aliphatic heterocycles. The van der Waals surface area contributed by atoms with E-state index in [-0.39, 0.29) is 36.6 Å². The highest BCUT2D eigenvalue weighted by Crippen LogP contribution is 2.33. The summed E-state index contributed by atoms with van der Waals surface area (Å²) in [6.45, 7) is 2.38. The molecule has 0 bridgehead atoms. The van der Waals surface area contributed by atoms with Crippen LogP contribution in [0.4, 0.5) is 4.79 Å². The summed E-state index contributed by atoms with van der Waals surface area (Å²) < 4.78 is 5.86. The number of aliphatic hydroxyl groups is 7. The number of nitrogens with one attached hydrogen (secondary N) is 2. The lowest BCUT2D eigenvalue weighted by Crippen LogP contribution is -2.85. The fraction of sp³-hybridized carbons (Fsp3) is 0.400. The van der Waals surface area contributed by atoms with Gasteiger partial charge < -0.3 is 45.8 Å². The van der Waals surface area contributed by atoms with Gasteiger partial charge in [-0.3, -0.25) is 19.8 Å². The number of amides is 3. The Morgan fingerprint density at radius 1 is 0.837 bits per heavy atom. The van der Waals surface area contributed by atoms with Gasteiger partial charge in [0.25, 0.3) is 0 Å². The third-order valence-corrected chi connectivity index (χ3v) is 8.54. The van der Waals surface area contributed by atoms with Crippen LogP contribution < -0.4 is 15.4 Å². The van der Waals surface area contributed by atoms with Crippen LogP contribution in [0.3, 0.4) is 0 Å². The molecule has 1 fully saturated rings. The molecule has 14 heteroatoms. The molecule has 0 aliphatic carbocycles. The topological polar surface area (TPSA) is 229 Å². The van der Waals surface area contributed by atoms with E-state index in [9.17, 15) is 50.1 Å². The Morgan fingerprint density at radius 3 is 1.96 bits per heavy atom. The summed E-state index contributed by atoms with van der Waals surface area (Å²) in [4.78, 5) is 38.8. The van der Waals surface area contributed by atoms with Gasteiger partial charge in [-0.1, -0.05) is 78.9 Å². The van der Waals surface area contributed by atoms with Crippen LogP contribution in [0.15, 0.2) is 78.9 Å². The molecule has 4 rings (SSSR count). The minimum Gasteiger partial charge on any atom is -0.485 e. The zero-order chi connectivity index (χ0) is 36.0. The average molecular weight is 682 g/mol. The summed E-state index contributed by atoms with van der Waals surface area (Å²) in [6.07, 6.45) is -0.746. The molecule has 3 amide bonds. The summed E-state index contributed by atoms with van der Waals surface area (Å²) in [5.74, 6) is -13.2. The lowest BCUT2D eigenvalue weighted by atomic mass is 9.85. The van der Waals surface area contributed by atoms with E-state index < -0.39 is 54.2 Å². The Kier molecular flexibility index (Phi) is 11.8. The van der Waals surface area contributed by atoms with Crippen LogP contribution in [0.25, 0.3) is 0 Å². The molecule has 9 N–H and O–H groups in total. The molecule has 0 spiro atoms. The molecule has 14 nitrogen and oxygen atoms in total. The maximum Gasteiger partial charge on any atom is 0.326 e. The van der Waals surface area contributed by atoms with E-state index in [1.165, 1.54) is 5.32 Å². The molecule has 1 aliphatic rings. The van der Waals surface area contributed by atoms with E-state index >= 15 is 0 Å². The molecule has 1 saturated heterocycles. The summed E-state index contributed by atoms with van der Waals surface area (Å²) in [5.41, 5.74) is 3.40. The SMILES string of the molecule is Cc1cccc(C)c1OCC(=O)CC(Cc1ccccc1)C(O)CC(Cc1ccccc1)NC(=O)CN1C(=O)NC(O)(O)C(O)(O)C1(O)O. The standard InChI is InChI=1S/C35H43N3O11/c1-22-10-9-11-23(2)31(22)49-21-28(39)18-26(16-24-12-5-3-6-13-24)29(40)19-27(17-25-14-7-4-8-15-25)36-30(41)20-38-32(42)37-34(45,46)33(43,44)35(38,47)48/h3-15,26-27,29,40,43-48H,16-21H2,1-2H3,(H,36,41)(H,37,42). The zero-order valence-electron chi connectivity index (χ0n) is 27.2. The van der Waals surface area contributed by atoms with Crippen LogP contribution in [-0.4, -0.2) is 101 Å².